The summed E-state index contributed by atoms with van der Waals surface area (Å²) in [5.74, 6) is 0.232. The predicted octanol–water partition coefficient (Wildman–Crippen LogP) is 1.92. The Kier molecular flexibility index (Phi) is 6.30. The van der Waals surface area contributed by atoms with Gasteiger partial charge in [-0.3, -0.25) is 4.79 Å². The lowest BCUT2D eigenvalue weighted by molar-refractivity contribution is -0.130. The summed E-state index contributed by atoms with van der Waals surface area (Å²) in [4.78, 5) is 14.2. The van der Waals surface area contributed by atoms with Crippen LogP contribution in [0, 0.1) is 5.41 Å². The molecule has 1 saturated carbocycles. The summed E-state index contributed by atoms with van der Waals surface area (Å²) in [5.41, 5.74) is 0.0251. The van der Waals surface area contributed by atoms with E-state index < -0.39 is 0 Å². The van der Waals surface area contributed by atoms with Crippen LogP contribution in [0.3, 0.4) is 0 Å². The number of nitrogens with one attached hydrogen (secondary N) is 1. The first kappa shape index (κ1) is 15.8. The van der Waals surface area contributed by atoms with Crippen LogP contribution in [0.2, 0.25) is 0 Å². The van der Waals surface area contributed by atoms with Crippen molar-refractivity contribution in [3.63, 3.8) is 0 Å². The van der Waals surface area contributed by atoms with Crippen molar-refractivity contribution in [1.82, 2.24) is 10.2 Å². The fourth-order valence-electron chi connectivity index (χ4n) is 3.56. The number of rotatable bonds is 5. The highest BCUT2D eigenvalue weighted by Gasteiger charge is 2.31. The molecule has 0 unspecified atom stereocenters. The Morgan fingerprint density at radius 1 is 1.00 bits per heavy atom. The fourth-order valence-corrected chi connectivity index (χ4v) is 3.56. The monoisotopic (exact) mass is 282 g/mol. The van der Waals surface area contributed by atoms with Crippen LogP contribution in [0.1, 0.15) is 57.8 Å². The van der Waals surface area contributed by atoms with Crippen molar-refractivity contribution in [3.8, 4) is 0 Å². The maximum Gasteiger partial charge on any atom is 0.236 e. The van der Waals surface area contributed by atoms with Gasteiger partial charge in [0.1, 0.15) is 0 Å². The molecule has 2 aliphatic rings. The smallest absolute Gasteiger partial charge is 0.236 e. The molecule has 1 amide bonds. The van der Waals surface area contributed by atoms with Gasteiger partial charge in [0.15, 0.2) is 0 Å². The van der Waals surface area contributed by atoms with Gasteiger partial charge in [0, 0.05) is 31.7 Å². The Labute approximate surface area is 122 Å². The van der Waals surface area contributed by atoms with E-state index in [1.165, 1.54) is 32.1 Å². The fraction of sp³-hybridized carbons (Fsp3) is 0.938. The van der Waals surface area contributed by atoms with Crippen LogP contribution in [0.15, 0.2) is 0 Å². The third-order valence-electron chi connectivity index (χ3n) is 4.98. The zero-order valence-corrected chi connectivity index (χ0v) is 12.7. The number of aliphatic hydroxyl groups excluding tert-OH is 1. The summed E-state index contributed by atoms with van der Waals surface area (Å²) in [7, 11) is 0. The third kappa shape index (κ3) is 4.45. The van der Waals surface area contributed by atoms with Crippen LogP contribution < -0.4 is 5.32 Å². The lowest BCUT2D eigenvalue weighted by Crippen LogP contribution is -2.44. The second-order valence-electron chi connectivity index (χ2n) is 6.62. The quantitative estimate of drug-likeness (QED) is 0.810. The molecular formula is C16H30N2O2. The number of hydrogen-bond donors (Lipinski definition) is 2. The molecule has 4 heteroatoms. The summed E-state index contributed by atoms with van der Waals surface area (Å²) < 4.78 is 0. The molecule has 4 nitrogen and oxygen atoms in total. The van der Waals surface area contributed by atoms with Crippen molar-refractivity contribution < 1.29 is 9.90 Å². The van der Waals surface area contributed by atoms with Gasteiger partial charge >= 0.3 is 0 Å². The number of hydrogen-bond acceptors (Lipinski definition) is 3. The summed E-state index contributed by atoms with van der Waals surface area (Å²) in [5, 5.41) is 13.0. The minimum absolute atomic E-state index is 0.0251. The molecular weight excluding hydrogens is 252 g/mol. The van der Waals surface area contributed by atoms with E-state index in [1.54, 1.807) is 0 Å². The molecule has 2 fully saturated rings. The maximum absolute atomic E-state index is 12.2. The average molecular weight is 282 g/mol. The zero-order chi connectivity index (χ0) is 14.3. The molecule has 1 aliphatic carbocycles. The Balaban J connectivity index is 1.72. The summed E-state index contributed by atoms with van der Waals surface area (Å²) >= 11 is 0. The van der Waals surface area contributed by atoms with Crippen LogP contribution in [-0.2, 0) is 4.79 Å². The number of amides is 1. The van der Waals surface area contributed by atoms with E-state index in [0.717, 1.165) is 45.3 Å². The van der Waals surface area contributed by atoms with Gasteiger partial charge < -0.3 is 15.3 Å². The number of likely N-dealkylation sites (tertiary alicyclic amines) is 1. The molecule has 0 bridgehead atoms. The van der Waals surface area contributed by atoms with Crippen molar-refractivity contribution in [2.24, 2.45) is 5.41 Å². The van der Waals surface area contributed by atoms with E-state index in [2.05, 4.69) is 5.32 Å². The van der Waals surface area contributed by atoms with Crippen molar-refractivity contribution >= 4 is 5.91 Å². The maximum atomic E-state index is 12.2. The van der Waals surface area contributed by atoms with E-state index >= 15 is 0 Å². The summed E-state index contributed by atoms with van der Waals surface area (Å²) in [6.45, 7) is 3.31. The van der Waals surface area contributed by atoms with Gasteiger partial charge in [0.05, 0.1) is 6.54 Å². The van der Waals surface area contributed by atoms with Crippen molar-refractivity contribution in [2.45, 2.75) is 57.8 Å². The topological polar surface area (TPSA) is 52.6 Å². The molecule has 20 heavy (non-hydrogen) atoms. The highest BCUT2D eigenvalue weighted by atomic mass is 16.3. The number of nitrogens with zero attached hydrogens (tertiary/aromatic N) is 1. The first-order chi connectivity index (χ1) is 9.76. The molecule has 0 atom stereocenters. The number of carbonyl (C=O) groups excluding carboxylic acids is 1. The van der Waals surface area contributed by atoms with Gasteiger partial charge in [0.25, 0.3) is 0 Å². The van der Waals surface area contributed by atoms with Crippen LogP contribution in [0.5, 0.6) is 0 Å². The third-order valence-corrected chi connectivity index (χ3v) is 4.98. The Morgan fingerprint density at radius 3 is 2.20 bits per heavy atom. The molecule has 0 aromatic carbocycles. The lowest BCUT2D eigenvalue weighted by atomic mass is 9.74. The second-order valence-corrected chi connectivity index (χ2v) is 6.62. The molecule has 1 saturated heterocycles. The minimum Gasteiger partial charge on any atom is -0.396 e. The molecule has 0 spiro atoms. The Morgan fingerprint density at radius 2 is 1.60 bits per heavy atom. The van der Waals surface area contributed by atoms with Gasteiger partial charge in [-0.25, -0.2) is 0 Å². The van der Waals surface area contributed by atoms with Crippen molar-refractivity contribution in [3.05, 3.63) is 0 Å². The molecule has 0 aromatic heterocycles. The van der Waals surface area contributed by atoms with E-state index in [1.807, 2.05) is 4.90 Å². The lowest BCUT2D eigenvalue weighted by Gasteiger charge is -2.36. The molecule has 2 rings (SSSR count). The number of carbonyl (C=O) groups is 1. The van der Waals surface area contributed by atoms with E-state index in [0.29, 0.717) is 6.54 Å². The molecule has 1 aliphatic heterocycles. The van der Waals surface area contributed by atoms with Crippen LogP contribution in [0.4, 0.5) is 0 Å². The van der Waals surface area contributed by atoms with E-state index in [-0.39, 0.29) is 17.9 Å². The van der Waals surface area contributed by atoms with E-state index in [4.69, 9.17) is 0 Å². The van der Waals surface area contributed by atoms with Crippen LogP contribution in [0.25, 0.3) is 0 Å². The van der Waals surface area contributed by atoms with Crippen molar-refractivity contribution in [1.29, 1.82) is 0 Å². The SMILES string of the molecule is O=C(CNCC1(CO)CCCCC1)N1CCCCCC1. The standard InChI is InChI=1S/C16H30N2O2/c19-14-16(8-4-3-5-9-16)13-17-12-15(20)18-10-6-1-2-7-11-18/h17,19H,1-14H2. The molecule has 1 heterocycles. The highest BCUT2D eigenvalue weighted by Crippen LogP contribution is 2.35. The second kappa shape index (κ2) is 7.99. The minimum atomic E-state index is 0.0251. The summed E-state index contributed by atoms with van der Waals surface area (Å²) in [6, 6.07) is 0. The van der Waals surface area contributed by atoms with Gasteiger partial charge in [-0.05, 0) is 25.7 Å². The first-order valence-corrected chi connectivity index (χ1v) is 8.35. The van der Waals surface area contributed by atoms with E-state index in [9.17, 15) is 9.90 Å². The van der Waals surface area contributed by atoms with Crippen LogP contribution >= 0.6 is 0 Å². The highest BCUT2D eigenvalue weighted by molar-refractivity contribution is 5.78. The van der Waals surface area contributed by atoms with Gasteiger partial charge in [-0.15, -0.1) is 0 Å². The van der Waals surface area contributed by atoms with Gasteiger partial charge in [-0.1, -0.05) is 32.1 Å². The van der Waals surface area contributed by atoms with Gasteiger partial charge in [0.2, 0.25) is 5.91 Å². The molecule has 116 valence electrons. The molecule has 2 N–H and O–H groups in total. The van der Waals surface area contributed by atoms with Crippen LogP contribution in [-0.4, -0.2) is 48.7 Å². The first-order valence-electron chi connectivity index (χ1n) is 8.35. The Hall–Kier alpha value is -0.610. The largest absolute Gasteiger partial charge is 0.396 e. The number of aliphatic hydroxyl groups is 1. The normalized spacial score (nSPS) is 23.4. The zero-order valence-electron chi connectivity index (χ0n) is 12.7. The van der Waals surface area contributed by atoms with Gasteiger partial charge in [-0.2, -0.15) is 0 Å². The Bertz CT molecular complexity index is 293. The molecule has 0 radical (unpaired) electrons. The molecule has 0 aromatic rings. The summed E-state index contributed by atoms with van der Waals surface area (Å²) in [6.07, 6.45) is 10.7. The predicted molar refractivity (Wildman–Crippen MR) is 80.5 cm³/mol. The van der Waals surface area contributed by atoms with Crippen molar-refractivity contribution in [2.75, 3.05) is 32.8 Å². The average Bonchev–Trinajstić information content (AvgIpc) is 2.77.